The standard InChI is InChI=1S/C11H8ClN3O4/c12-8-2-1-7(5-9(8)15(18)19)6-14-11(17)4-3-10(16)13-14/h1-5H,6H2,(H,13,16). The second kappa shape index (κ2) is 5.07. The van der Waals surface area contributed by atoms with Crippen molar-refractivity contribution in [1.29, 1.82) is 0 Å². The van der Waals surface area contributed by atoms with Gasteiger partial charge in [0.2, 0.25) is 0 Å². The van der Waals surface area contributed by atoms with Crippen LogP contribution in [0.4, 0.5) is 5.69 Å². The molecule has 1 aromatic carbocycles. The number of halogens is 1. The zero-order chi connectivity index (χ0) is 14.0. The summed E-state index contributed by atoms with van der Waals surface area (Å²) in [4.78, 5) is 32.7. The van der Waals surface area contributed by atoms with Crippen LogP contribution in [0.25, 0.3) is 0 Å². The van der Waals surface area contributed by atoms with Gasteiger partial charge in [-0.05, 0) is 11.6 Å². The number of nitrogens with zero attached hydrogens (tertiary/aromatic N) is 2. The first-order chi connectivity index (χ1) is 8.97. The fourth-order valence-corrected chi connectivity index (χ4v) is 1.75. The minimum atomic E-state index is -0.609. The van der Waals surface area contributed by atoms with Gasteiger partial charge >= 0.3 is 0 Å². The van der Waals surface area contributed by atoms with Crippen LogP contribution >= 0.6 is 11.6 Å². The molecule has 0 saturated heterocycles. The molecule has 0 bridgehead atoms. The molecule has 0 aliphatic rings. The monoisotopic (exact) mass is 281 g/mol. The van der Waals surface area contributed by atoms with Gasteiger partial charge in [-0.15, -0.1) is 0 Å². The van der Waals surface area contributed by atoms with E-state index in [1.807, 2.05) is 0 Å². The number of rotatable bonds is 3. The predicted molar refractivity (Wildman–Crippen MR) is 68.5 cm³/mol. The van der Waals surface area contributed by atoms with Gasteiger partial charge in [0.15, 0.2) is 0 Å². The molecule has 19 heavy (non-hydrogen) atoms. The summed E-state index contributed by atoms with van der Waals surface area (Å²) in [6.07, 6.45) is 0. The van der Waals surface area contributed by atoms with E-state index in [0.717, 1.165) is 16.8 Å². The third-order valence-electron chi connectivity index (χ3n) is 2.44. The highest BCUT2D eigenvalue weighted by Gasteiger charge is 2.13. The minimum Gasteiger partial charge on any atom is -0.268 e. The molecule has 8 heteroatoms. The highest BCUT2D eigenvalue weighted by Crippen LogP contribution is 2.25. The Bertz CT molecular complexity index is 750. The molecule has 1 N–H and O–H groups in total. The molecule has 0 aliphatic heterocycles. The summed E-state index contributed by atoms with van der Waals surface area (Å²) in [5, 5.41) is 13.1. The molecular weight excluding hydrogens is 274 g/mol. The number of hydrogen-bond donors (Lipinski definition) is 1. The number of nitro benzene ring substituents is 1. The molecule has 0 aliphatic carbocycles. The lowest BCUT2D eigenvalue weighted by Gasteiger charge is -2.05. The lowest BCUT2D eigenvalue weighted by atomic mass is 10.2. The zero-order valence-corrected chi connectivity index (χ0v) is 10.3. The first-order valence-corrected chi connectivity index (χ1v) is 5.58. The average Bonchev–Trinajstić information content (AvgIpc) is 2.36. The van der Waals surface area contributed by atoms with Crippen molar-refractivity contribution < 1.29 is 4.92 Å². The molecule has 0 saturated carbocycles. The lowest BCUT2D eigenvalue weighted by Crippen LogP contribution is -2.28. The fourth-order valence-electron chi connectivity index (χ4n) is 1.56. The van der Waals surface area contributed by atoms with Crippen molar-refractivity contribution in [3.63, 3.8) is 0 Å². The molecule has 0 spiro atoms. The summed E-state index contributed by atoms with van der Waals surface area (Å²) in [7, 11) is 0. The minimum absolute atomic E-state index is 0.0163. The average molecular weight is 282 g/mol. The summed E-state index contributed by atoms with van der Waals surface area (Å²) >= 11 is 5.68. The first-order valence-electron chi connectivity index (χ1n) is 5.20. The topological polar surface area (TPSA) is 98.0 Å². The van der Waals surface area contributed by atoms with Gasteiger partial charge in [0, 0.05) is 18.2 Å². The van der Waals surface area contributed by atoms with Gasteiger partial charge in [0.25, 0.3) is 16.8 Å². The van der Waals surface area contributed by atoms with E-state index in [4.69, 9.17) is 11.6 Å². The zero-order valence-electron chi connectivity index (χ0n) is 9.50. The second-order valence-electron chi connectivity index (χ2n) is 3.78. The Labute approximate surface area is 111 Å². The third-order valence-corrected chi connectivity index (χ3v) is 2.76. The van der Waals surface area contributed by atoms with Crippen molar-refractivity contribution in [3.8, 4) is 0 Å². The summed E-state index contributed by atoms with van der Waals surface area (Å²) < 4.78 is 1.06. The van der Waals surface area contributed by atoms with E-state index in [9.17, 15) is 19.7 Å². The smallest absolute Gasteiger partial charge is 0.268 e. The van der Waals surface area contributed by atoms with Crippen LogP contribution in [0.2, 0.25) is 5.02 Å². The highest BCUT2D eigenvalue weighted by molar-refractivity contribution is 6.32. The molecule has 98 valence electrons. The Morgan fingerprint density at radius 2 is 2.00 bits per heavy atom. The van der Waals surface area contributed by atoms with E-state index in [1.165, 1.54) is 12.1 Å². The van der Waals surface area contributed by atoms with Crippen LogP contribution in [-0.2, 0) is 6.54 Å². The fraction of sp³-hybridized carbons (Fsp3) is 0.0909. The lowest BCUT2D eigenvalue weighted by molar-refractivity contribution is -0.384. The molecule has 1 heterocycles. The maximum absolute atomic E-state index is 11.5. The van der Waals surface area contributed by atoms with Crippen molar-refractivity contribution in [2.24, 2.45) is 0 Å². The van der Waals surface area contributed by atoms with Crippen molar-refractivity contribution in [1.82, 2.24) is 9.78 Å². The van der Waals surface area contributed by atoms with E-state index in [2.05, 4.69) is 5.10 Å². The molecule has 2 aromatic rings. The molecule has 0 fully saturated rings. The van der Waals surface area contributed by atoms with E-state index < -0.39 is 16.0 Å². The molecule has 0 atom stereocenters. The van der Waals surface area contributed by atoms with E-state index in [1.54, 1.807) is 6.07 Å². The number of nitrogens with one attached hydrogen (secondary N) is 1. The van der Waals surface area contributed by atoms with Gasteiger partial charge in [0.1, 0.15) is 5.02 Å². The van der Waals surface area contributed by atoms with Crippen LogP contribution in [-0.4, -0.2) is 14.7 Å². The van der Waals surface area contributed by atoms with Crippen LogP contribution in [0.5, 0.6) is 0 Å². The Morgan fingerprint density at radius 3 is 2.68 bits per heavy atom. The number of nitro groups is 1. The summed E-state index contributed by atoms with van der Waals surface area (Å²) in [5.41, 5.74) is -0.592. The number of aromatic nitrogens is 2. The quantitative estimate of drug-likeness (QED) is 0.674. The number of hydrogen-bond acceptors (Lipinski definition) is 4. The number of aromatic amines is 1. The van der Waals surface area contributed by atoms with Crippen LogP contribution in [0, 0.1) is 10.1 Å². The van der Waals surface area contributed by atoms with Gasteiger partial charge in [-0.3, -0.25) is 24.8 Å². The largest absolute Gasteiger partial charge is 0.288 e. The number of benzene rings is 1. The van der Waals surface area contributed by atoms with E-state index >= 15 is 0 Å². The third kappa shape index (κ3) is 2.89. The SMILES string of the molecule is O=c1ccc(=O)n(Cc2ccc(Cl)c([N+](=O)[O-])c2)[nH]1. The summed E-state index contributed by atoms with van der Waals surface area (Å²) in [6.45, 7) is 0.0208. The Hall–Kier alpha value is -2.41. The van der Waals surface area contributed by atoms with Gasteiger partial charge in [-0.2, -0.15) is 0 Å². The highest BCUT2D eigenvalue weighted by atomic mass is 35.5. The Balaban J connectivity index is 2.41. The van der Waals surface area contributed by atoms with Crippen LogP contribution in [0.15, 0.2) is 39.9 Å². The van der Waals surface area contributed by atoms with Crippen LogP contribution in [0.3, 0.4) is 0 Å². The number of H-pyrrole nitrogens is 1. The maximum Gasteiger partial charge on any atom is 0.288 e. The van der Waals surface area contributed by atoms with Gasteiger partial charge in [0.05, 0.1) is 11.5 Å². The maximum atomic E-state index is 11.5. The summed E-state index contributed by atoms with van der Waals surface area (Å²) in [5.74, 6) is 0. The van der Waals surface area contributed by atoms with Gasteiger partial charge in [-0.1, -0.05) is 17.7 Å². The van der Waals surface area contributed by atoms with Crippen molar-refractivity contribution in [3.05, 3.63) is 71.7 Å². The molecule has 0 radical (unpaired) electrons. The van der Waals surface area contributed by atoms with Crippen LogP contribution in [0.1, 0.15) is 5.56 Å². The Morgan fingerprint density at radius 1 is 1.26 bits per heavy atom. The molecule has 2 rings (SSSR count). The van der Waals surface area contributed by atoms with E-state index in [-0.39, 0.29) is 17.3 Å². The second-order valence-corrected chi connectivity index (χ2v) is 4.18. The molecule has 1 aromatic heterocycles. The molecular formula is C11H8ClN3O4. The first kappa shape index (κ1) is 13.0. The molecule has 0 amide bonds. The molecule has 7 nitrogen and oxygen atoms in total. The van der Waals surface area contributed by atoms with Crippen molar-refractivity contribution in [2.45, 2.75) is 6.54 Å². The van der Waals surface area contributed by atoms with Crippen molar-refractivity contribution >= 4 is 17.3 Å². The Kier molecular flexibility index (Phi) is 3.48. The van der Waals surface area contributed by atoms with Gasteiger partial charge in [-0.25, -0.2) is 4.68 Å². The van der Waals surface area contributed by atoms with Gasteiger partial charge < -0.3 is 0 Å². The summed E-state index contributed by atoms with van der Waals surface area (Å²) in [6, 6.07) is 6.43. The predicted octanol–water partition coefficient (Wildman–Crippen LogP) is 1.15. The van der Waals surface area contributed by atoms with E-state index in [0.29, 0.717) is 5.56 Å². The van der Waals surface area contributed by atoms with Crippen LogP contribution < -0.4 is 11.1 Å². The normalized spacial score (nSPS) is 10.4. The van der Waals surface area contributed by atoms with Crippen molar-refractivity contribution in [2.75, 3.05) is 0 Å². The molecule has 0 unspecified atom stereocenters.